The molecule has 24 heavy (non-hydrogen) atoms. The summed E-state index contributed by atoms with van der Waals surface area (Å²) < 4.78 is 28.3. The molecule has 3 atom stereocenters. The molecule has 2 aliphatic rings. The van der Waals surface area contributed by atoms with Crippen LogP contribution in [-0.2, 0) is 23.7 Å². The fourth-order valence-corrected chi connectivity index (χ4v) is 2.23. The molecule has 8 nitrogen and oxygen atoms in total. The maximum Gasteiger partial charge on any atom is 1.00 e. The molecule has 0 bridgehead atoms. The van der Waals surface area contributed by atoms with Crippen molar-refractivity contribution in [2.75, 3.05) is 13.7 Å². The van der Waals surface area contributed by atoms with Crippen molar-refractivity contribution in [2.45, 2.75) is 18.5 Å². The summed E-state index contributed by atoms with van der Waals surface area (Å²) in [7, 11) is 1.25. The summed E-state index contributed by atoms with van der Waals surface area (Å²) in [6, 6.07) is 5.79. The molecule has 9 heteroatoms. The van der Waals surface area contributed by atoms with E-state index in [1.54, 1.807) is 0 Å². The van der Waals surface area contributed by atoms with Crippen LogP contribution in [0.2, 0.25) is 0 Å². The Kier molecular flexibility index (Phi) is 5.42. The monoisotopic (exact) mass is 345 g/mol. The number of rotatable bonds is 3. The molecule has 1 saturated heterocycles. The van der Waals surface area contributed by atoms with Crippen LogP contribution >= 0.6 is 0 Å². The summed E-state index contributed by atoms with van der Waals surface area (Å²) in [6.45, 7) is -0.181. The second kappa shape index (κ2) is 7.54. The van der Waals surface area contributed by atoms with Gasteiger partial charge < -0.3 is 29.2 Å². The predicted octanol–water partition coefficient (Wildman–Crippen LogP) is -3.05. The normalized spacial score (nSPS) is 29.7. The number of Topliss-reactive ketones (excluding diaryl/α,β-unsaturated/α-hetero) is 1. The van der Waals surface area contributed by atoms with Gasteiger partial charge in [-0.15, -0.1) is 0 Å². The first-order valence-corrected chi connectivity index (χ1v) is 6.67. The number of benzene rings is 1. The third-order valence-electron chi connectivity index (χ3n) is 3.44. The number of hydrogen-bond donors (Lipinski definition) is 1. The molecular formula is C15H13NaO8. The Morgan fingerprint density at radius 2 is 2.08 bits per heavy atom. The Labute approximate surface area is 160 Å². The van der Waals surface area contributed by atoms with E-state index in [2.05, 4.69) is 4.74 Å². The molecule has 0 aliphatic carbocycles. The molecule has 3 rings (SSSR count). The van der Waals surface area contributed by atoms with Crippen molar-refractivity contribution in [3.8, 4) is 0 Å². The first-order valence-electron chi connectivity index (χ1n) is 7.17. The molecular weight excluding hydrogens is 331 g/mol. The number of aliphatic hydroxyl groups is 1. The number of hydrogen-bond acceptors (Lipinski definition) is 8. The topological polar surface area (TPSA) is 114 Å². The summed E-state index contributed by atoms with van der Waals surface area (Å²) in [6.07, 6.45) is -4.30. The Morgan fingerprint density at radius 3 is 2.62 bits per heavy atom. The maximum absolute atomic E-state index is 11.7. The van der Waals surface area contributed by atoms with Gasteiger partial charge in [-0.05, 0) is 12.1 Å². The van der Waals surface area contributed by atoms with Crippen molar-refractivity contribution >= 4 is 11.8 Å². The molecule has 0 amide bonds. The Hall–Kier alpha value is -1.58. The average molecular weight is 345 g/mol. The molecule has 1 N–H and O–H groups in total. The van der Waals surface area contributed by atoms with Crippen LogP contribution in [-0.4, -0.2) is 42.8 Å². The molecule has 0 spiro atoms. The summed E-state index contributed by atoms with van der Waals surface area (Å²) in [5.41, 5.74) is 0.571. The molecule has 1 aromatic carbocycles. The molecule has 0 radical (unpaired) electrons. The zero-order valence-corrected chi connectivity index (χ0v) is 15.0. The molecule has 0 aromatic heterocycles. The van der Waals surface area contributed by atoms with Gasteiger partial charge in [0.2, 0.25) is 5.78 Å². The molecule has 0 saturated carbocycles. The van der Waals surface area contributed by atoms with Gasteiger partial charge in [-0.1, -0.05) is 12.1 Å². The van der Waals surface area contributed by atoms with Crippen LogP contribution in [0.25, 0.3) is 0 Å². The minimum absolute atomic E-state index is 0. The molecule has 2 aliphatic heterocycles. The van der Waals surface area contributed by atoms with Gasteiger partial charge in [0.1, 0.15) is 12.2 Å². The smallest absolute Gasteiger partial charge is 0.596 e. The first-order chi connectivity index (χ1) is 11.4. The van der Waals surface area contributed by atoms with E-state index >= 15 is 0 Å². The van der Waals surface area contributed by atoms with Gasteiger partial charge in [0.05, 0.1) is 26.6 Å². The second-order valence-electron chi connectivity index (χ2n) is 4.86. The van der Waals surface area contributed by atoms with Gasteiger partial charge in [0, 0.05) is 5.56 Å². The van der Waals surface area contributed by atoms with E-state index in [-0.39, 0.29) is 41.7 Å². The van der Waals surface area contributed by atoms with Crippen molar-refractivity contribution in [3.63, 3.8) is 0 Å². The van der Waals surface area contributed by atoms with E-state index in [1.165, 1.54) is 31.4 Å². The quantitative estimate of drug-likeness (QED) is 0.454. The van der Waals surface area contributed by atoms with Crippen molar-refractivity contribution in [1.29, 1.82) is 0 Å². The van der Waals surface area contributed by atoms with Crippen LogP contribution in [0.15, 0.2) is 36.0 Å². The number of aliphatic hydroxyl groups excluding tert-OH is 1. The van der Waals surface area contributed by atoms with Crippen molar-refractivity contribution in [2.24, 2.45) is 0 Å². The summed E-state index contributed by atoms with van der Waals surface area (Å²) in [5, 5.41) is 20.5. The Morgan fingerprint density at radius 1 is 1.42 bits per heavy atom. The van der Waals surface area contributed by atoms with Crippen molar-refractivity contribution in [1.82, 2.24) is 0 Å². The first kappa shape index (κ1) is 17.2. The third-order valence-corrected chi connectivity index (χ3v) is 3.44. The SMILES string of the molecule is [2H]C1(c2ccc(C(=O)OC)cc2)OC[C@@H]([C@H]2OC([O-])=C(O)C2=O)O1.[Na+]. The van der Waals surface area contributed by atoms with E-state index in [9.17, 15) is 19.8 Å². The van der Waals surface area contributed by atoms with Crippen LogP contribution in [0.5, 0.6) is 0 Å². The predicted molar refractivity (Wildman–Crippen MR) is 70.9 cm³/mol. The zero-order chi connectivity index (χ0) is 17.5. The zero-order valence-electron chi connectivity index (χ0n) is 14.0. The summed E-state index contributed by atoms with van der Waals surface area (Å²) >= 11 is 0. The van der Waals surface area contributed by atoms with Gasteiger partial charge >= 0.3 is 35.5 Å². The van der Waals surface area contributed by atoms with Gasteiger partial charge in [0.15, 0.2) is 12.0 Å². The summed E-state index contributed by atoms with van der Waals surface area (Å²) in [5.74, 6) is -3.55. The molecule has 122 valence electrons. The molecule has 2 heterocycles. The van der Waals surface area contributed by atoms with Crippen molar-refractivity contribution < 1.29 is 69.7 Å². The van der Waals surface area contributed by atoms with Crippen LogP contribution in [0, 0.1) is 0 Å². The number of carbonyl (C=O) groups is 2. The van der Waals surface area contributed by atoms with Crippen LogP contribution in [0.4, 0.5) is 0 Å². The minimum atomic E-state index is -1.93. The van der Waals surface area contributed by atoms with Crippen molar-refractivity contribution in [3.05, 3.63) is 47.1 Å². The average Bonchev–Trinajstić information content (AvgIpc) is 3.11. The summed E-state index contributed by atoms with van der Waals surface area (Å²) in [4.78, 5) is 23.1. The second-order valence-corrected chi connectivity index (χ2v) is 4.86. The third kappa shape index (κ3) is 3.42. The fourth-order valence-electron chi connectivity index (χ4n) is 2.23. The largest absolute Gasteiger partial charge is 1.00 e. The standard InChI is InChI=1S/C15H14O8.Na/c1-20-13(18)7-2-4-8(5-3-7)15-21-6-9(22-15)12-10(16)11(17)14(19)23-12;/h2-5,9,12,15,17,19H,6H2,1H3;/q;+1/p-1/t9-,12+,15?;/m0./s1/i15D;. The Balaban J connectivity index is 0.00000225. The Bertz CT molecular complexity index is 719. The van der Waals surface area contributed by atoms with E-state index in [1.807, 2.05) is 0 Å². The number of ketones is 1. The molecule has 1 unspecified atom stereocenters. The molecule has 1 fully saturated rings. The van der Waals surface area contributed by atoms with E-state index in [0.717, 1.165) is 0 Å². The van der Waals surface area contributed by atoms with Crippen LogP contribution in [0.1, 0.15) is 23.6 Å². The van der Waals surface area contributed by atoms with E-state index in [0.29, 0.717) is 5.56 Å². The van der Waals surface area contributed by atoms with Gasteiger partial charge in [0.25, 0.3) is 0 Å². The minimum Gasteiger partial charge on any atom is -0.596 e. The number of ether oxygens (including phenoxy) is 4. The molecule has 1 aromatic rings. The van der Waals surface area contributed by atoms with Crippen LogP contribution < -0.4 is 34.7 Å². The number of carbonyl (C=O) groups excluding carboxylic acids is 2. The van der Waals surface area contributed by atoms with E-state index in [4.69, 9.17) is 15.6 Å². The number of methoxy groups -OCH3 is 1. The van der Waals surface area contributed by atoms with E-state index < -0.39 is 41.9 Å². The van der Waals surface area contributed by atoms with Gasteiger partial charge in [-0.3, -0.25) is 4.79 Å². The van der Waals surface area contributed by atoms with Gasteiger partial charge in [-0.2, -0.15) is 0 Å². The maximum atomic E-state index is 11.7. The fraction of sp³-hybridized carbons (Fsp3) is 0.333. The number of esters is 1. The van der Waals surface area contributed by atoms with Crippen LogP contribution in [0.3, 0.4) is 0 Å². The van der Waals surface area contributed by atoms with Gasteiger partial charge in [-0.25, -0.2) is 4.79 Å².